The van der Waals surface area contributed by atoms with Crippen LogP contribution in [0, 0.1) is 12.7 Å². The Morgan fingerprint density at radius 2 is 1.95 bits per heavy atom. The summed E-state index contributed by atoms with van der Waals surface area (Å²) in [5.41, 5.74) is 2.09. The number of hydrogen-bond donors (Lipinski definition) is 2. The van der Waals surface area contributed by atoms with Crippen molar-refractivity contribution < 1.29 is 9.18 Å². The molecule has 0 aliphatic heterocycles. The van der Waals surface area contributed by atoms with Crippen LogP contribution in [0.1, 0.15) is 5.56 Å². The van der Waals surface area contributed by atoms with E-state index in [1.807, 2.05) is 6.92 Å². The summed E-state index contributed by atoms with van der Waals surface area (Å²) < 4.78 is 13.9. The first-order valence-electron chi connectivity index (χ1n) is 6.20. The highest BCUT2D eigenvalue weighted by Crippen LogP contribution is 2.23. The highest BCUT2D eigenvalue weighted by Gasteiger charge is 2.07. The van der Waals surface area contributed by atoms with E-state index in [1.165, 1.54) is 6.07 Å². The van der Waals surface area contributed by atoms with Crippen molar-refractivity contribution in [3.8, 4) is 0 Å². The Balaban J connectivity index is 1.95. The van der Waals surface area contributed by atoms with Gasteiger partial charge in [-0.1, -0.05) is 11.6 Å². The molecule has 0 fully saturated rings. The SMILES string of the molecule is Cc1cc(Br)c(F)cc1NCC(=O)Nc1ccc(Cl)cc1. The van der Waals surface area contributed by atoms with Crippen molar-refractivity contribution in [2.75, 3.05) is 17.2 Å². The fourth-order valence-electron chi connectivity index (χ4n) is 1.75. The second-order valence-electron chi connectivity index (χ2n) is 4.49. The van der Waals surface area contributed by atoms with Gasteiger partial charge in [0.05, 0.1) is 11.0 Å². The monoisotopic (exact) mass is 370 g/mol. The molecule has 2 aromatic carbocycles. The van der Waals surface area contributed by atoms with Crippen LogP contribution in [0.5, 0.6) is 0 Å². The van der Waals surface area contributed by atoms with Gasteiger partial charge in [-0.05, 0) is 64.8 Å². The molecule has 1 amide bonds. The number of anilines is 2. The maximum absolute atomic E-state index is 13.5. The first-order valence-corrected chi connectivity index (χ1v) is 7.38. The molecule has 0 saturated heterocycles. The van der Waals surface area contributed by atoms with Gasteiger partial charge in [-0.2, -0.15) is 0 Å². The molecule has 6 heteroatoms. The van der Waals surface area contributed by atoms with E-state index >= 15 is 0 Å². The topological polar surface area (TPSA) is 41.1 Å². The third kappa shape index (κ3) is 4.44. The molecule has 0 unspecified atom stereocenters. The molecular weight excluding hydrogens is 359 g/mol. The van der Waals surface area contributed by atoms with Crippen LogP contribution < -0.4 is 10.6 Å². The largest absolute Gasteiger partial charge is 0.376 e. The Labute approximate surface area is 135 Å². The Kier molecular flexibility index (Phi) is 5.20. The van der Waals surface area contributed by atoms with E-state index in [2.05, 4.69) is 26.6 Å². The number of carbonyl (C=O) groups is 1. The summed E-state index contributed by atoms with van der Waals surface area (Å²) in [6.45, 7) is 1.88. The molecule has 0 atom stereocenters. The van der Waals surface area contributed by atoms with Gasteiger partial charge < -0.3 is 10.6 Å². The normalized spacial score (nSPS) is 10.3. The lowest BCUT2D eigenvalue weighted by Crippen LogP contribution is -2.22. The molecule has 2 N–H and O–H groups in total. The Bertz CT molecular complexity index is 661. The summed E-state index contributed by atoms with van der Waals surface area (Å²) in [4.78, 5) is 11.8. The van der Waals surface area contributed by atoms with Crippen molar-refractivity contribution in [3.05, 3.63) is 57.3 Å². The zero-order chi connectivity index (χ0) is 15.4. The third-order valence-corrected chi connectivity index (χ3v) is 3.69. The van der Waals surface area contributed by atoms with Gasteiger partial charge in [-0.25, -0.2) is 4.39 Å². The molecule has 2 aromatic rings. The zero-order valence-electron chi connectivity index (χ0n) is 11.2. The molecule has 0 spiro atoms. The van der Waals surface area contributed by atoms with Crippen molar-refractivity contribution in [2.24, 2.45) is 0 Å². The molecule has 0 bridgehead atoms. The maximum Gasteiger partial charge on any atom is 0.243 e. The van der Waals surface area contributed by atoms with E-state index < -0.39 is 0 Å². The van der Waals surface area contributed by atoms with Crippen molar-refractivity contribution in [3.63, 3.8) is 0 Å². The number of halogens is 3. The Morgan fingerprint density at radius 3 is 2.62 bits per heavy atom. The number of benzene rings is 2. The minimum Gasteiger partial charge on any atom is -0.376 e. The van der Waals surface area contributed by atoms with Gasteiger partial charge in [0, 0.05) is 16.4 Å². The van der Waals surface area contributed by atoms with Gasteiger partial charge >= 0.3 is 0 Å². The lowest BCUT2D eigenvalue weighted by molar-refractivity contribution is -0.114. The second-order valence-corrected chi connectivity index (χ2v) is 5.78. The van der Waals surface area contributed by atoms with Crippen LogP contribution in [0.4, 0.5) is 15.8 Å². The van der Waals surface area contributed by atoms with Crippen LogP contribution in [0.2, 0.25) is 5.02 Å². The van der Waals surface area contributed by atoms with Crippen molar-refractivity contribution >= 4 is 44.8 Å². The van der Waals surface area contributed by atoms with Gasteiger partial charge in [0.25, 0.3) is 0 Å². The molecule has 2 rings (SSSR count). The maximum atomic E-state index is 13.5. The van der Waals surface area contributed by atoms with Gasteiger partial charge in [0.15, 0.2) is 0 Å². The smallest absolute Gasteiger partial charge is 0.243 e. The van der Waals surface area contributed by atoms with Gasteiger partial charge in [0.1, 0.15) is 5.82 Å². The van der Waals surface area contributed by atoms with E-state index in [0.29, 0.717) is 20.9 Å². The number of nitrogens with one attached hydrogen (secondary N) is 2. The molecule has 21 heavy (non-hydrogen) atoms. The molecule has 0 saturated carbocycles. The van der Waals surface area contributed by atoms with Gasteiger partial charge in [0.2, 0.25) is 5.91 Å². The molecule has 0 heterocycles. The lowest BCUT2D eigenvalue weighted by Gasteiger charge is -2.11. The van der Waals surface area contributed by atoms with E-state index in [-0.39, 0.29) is 18.3 Å². The number of amides is 1. The zero-order valence-corrected chi connectivity index (χ0v) is 13.6. The third-order valence-electron chi connectivity index (χ3n) is 2.83. The van der Waals surface area contributed by atoms with Gasteiger partial charge in [-0.15, -0.1) is 0 Å². The standard InChI is InChI=1S/C15H13BrClFN2O/c1-9-6-12(16)13(18)7-14(9)19-8-15(21)20-11-4-2-10(17)3-5-11/h2-7,19H,8H2,1H3,(H,20,21). The summed E-state index contributed by atoms with van der Waals surface area (Å²) in [6.07, 6.45) is 0. The minimum absolute atomic E-state index is 0.0462. The Hall–Kier alpha value is -1.59. The van der Waals surface area contributed by atoms with Crippen LogP contribution in [0.25, 0.3) is 0 Å². The van der Waals surface area contributed by atoms with Crippen molar-refractivity contribution in [1.29, 1.82) is 0 Å². The van der Waals surface area contributed by atoms with Crippen molar-refractivity contribution in [2.45, 2.75) is 6.92 Å². The average Bonchev–Trinajstić information content (AvgIpc) is 2.44. The number of rotatable bonds is 4. The predicted octanol–water partition coefficient (Wildman–Crippen LogP) is 4.60. The Morgan fingerprint density at radius 1 is 1.29 bits per heavy atom. The van der Waals surface area contributed by atoms with E-state index in [4.69, 9.17) is 11.6 Å². The molecule has 0 aliphatic rings. The average molecular weight is 372 g/mol. The predicted molar refractivity (Wildman–Crippen MR) is 87.4 cm³/mol. The summed E-state index contributed by atoms with van der Waals surface area (Å²) in [5.74, 6) is -0.596. The van der Waals surface area contributed by atoms with Gasteiger partial charge in [-0.3, -0.25) is 4.79 Å². The molecule has 3 nitrogen and oxygen atoms in total. The minimum atomic E-state index is -0.374. The molecule has 110 valence electrons. The van der Waals surface area contributed by atoms with Crippen LogP contribution in [-0.2, 0) is 4.79 Å². The number of aryl methyl sites for hydroxylation is 1. The van der Waals surface area contributed by atoms with E-state index in [1.54, 1.807) is 30.3 Å². The van der Waals surface area contributed by atoms with E-state index in [0.717, 1.165) is 5.56 Å². The molecule has 0 aliphatic carbocycles. The summed E-state index contributed by atoms with van der Waals surface area (Å²) in [5, 5.41) is 6.24. The van der Waals surface area contributed by atoms with Crippen LogP contribution >= 0.6 is 27.5 Å². The highest BCUT2D eigenvalue weighted by molar-refractivity contribution is 9.10. The van der Waals surface area contributed by atoms with Crippen LogP contribution in [-0.4, -0.2) is 12.5 Å². The molecular formula is C15H13BrClFN2O. The summed E-state index contributed by atoms with van der Waals surface area (Å²) in [7, 11) is 0. The van der Waals surface area contributed by atoms with Crippen molar-refractivity contribution in [1.82, 2.24) is 0 Å². The first-order chi connectivity index (χ1) is 9.95. The highest BCUT2D eigenvalue weighted by atomic mass is 79.9. The summed E-state index contributed by atoms with van der Waals surface area (Å²) >= 11 is 8.89. The fourth-order valence-corrected chi connectivity index (χ4v) is 2.33. The van der Waals surface area contributed by atoms with E-state index in [9.17, 15) is 9.18 Å². The lowest BCUT2D eigenvalue weighted by atomic mass is 10.2. The quantitative estimate of drug-likeness (QED) is 0.824. The molecule has 0 aromatic heterocycles. The van der Waals surface area contributed by atoms with Crippen LogP contribution in [0.3, 0.4) is 0 Å². The number of carbonyl (C=O) groups excluding carboxylic acids is 1. The summed E-state index contributed by atoms with van der Waals surface area (Å²) in [6, 6.07) is 9.83. The fraction of sp³-hybridized carbons (Fsp3) is 0.133. The van der Waals surface area contributed by atoms with Crippen LogP contribution in [0.15, 0.2) is 40.9 Å². The molecule has 0 radical (unpaired) electrons. The second kappa shape index (κ2) is 6.91. The number of hydrogen-bond acceptors (Lipinski definition) is 2. The first kappa shape index (κ1) is 15.8.